The lowest BCUT2D eigenvalue weighted by molar-refractivity contribution is -0.0565. The van der Waals surface area contributed by atoms with E-state index in [-0.39, 0.29) is 0 Å². The zero-order valence-electron chi connectivity index (χ0n) is 13.0. The minimum atomic E-state index is -1.23. The molecule has 0 bridgehead atoms. The zero-order valence-corrected chi connectivity index (χ0v) is 13.0. The summed E-state index contributed by atoms with van der Waals surface area (Å²) in [4.78, 5) is 10.4. The summed E-state index contributed by atoms with van der Waals surface area (Å²) in [6.07, 6.45) is -0.804. The molecule has 2 aromatic rings. The van der Waals surface area contributed by atoms with Gasteiger partial charge in [0.25, 0.3) is 0 Å². The summed E-state index contributed by atoms with van der Waals surface area (Å²) in [6.45, 7) is 1.32. The second-order valence-corrected chi connectivity index (χ2v) is 6.15. The van der Waals surface area contributed by atoms with Gasteiger partial charge in [0.1, 0.15) is 35.8 Å². The molecule has 0 aliphatic carbocycles. The molecule has 2 saturated heterocycles. The molecular weight excluding hydrogens is 316 g/mol. The van der Waals surface area contributed by atoms with Crippen molar-refractivity contribution < 1.29 is 20.1 Å². The monoisotopic (exact) mass is 336 g/mol. The Kier molecular flexibility index (Phi) is 3.76. The summed E-state index contributed by atoms with van der Waals surface area (Å²) in [5.74, 6) is 0.957. The number of rotatable bonds is 3. The van der Waals surface area contributed by atoms with E-state index in [9.17, 15) is 15.3 Å². The van der Waals surface area contributed by atoms with E-state index in [1.165, 1.54) is 11.0 Å². The molecule has 0 aromatic carbocycles. The van der Waals surface area contributed by atoms with Crippen molar-refractivity contribution in [3.63, 3.8) is 0 Å². The van der Waals surface area contributed by atoms with Crippen LogP contribution in [0.3, 0.4) is 0 Å². The molecule has 10 heteroatoms. The van der Waals surface area contributed by atoms with Crippen LogP contribution in [0.25, 0.3) is 11.0 Å². The number of aliphatic hydroxyl groups excluding tert-OH is 3. The molecule has 0 radical (unpaired) electrons. The lowest BCUT2D eigenvalue weighted by atomic mass is 10.1. The third kappa shape index (κ3) is 2.22. The van der Waals surface area contributed by atoms with Gasteiger partial charge in [0.2, 0.25) is 0 Å². The number of nitrogens with two attached hydrogens (primary N) is 1. The molecule has 0 amide bonds. The van der Waals surface area contributed by atoms with E-state index in [0.717, 1.165) is 25.9 Å². The van der Waals surface area contributed by atoms with Crippen LogP contribution in [0.4, 0.5) is 11.6 Å². The molecule has 4 rings (SSSR count). The van der Waals surface area contributed by atoms with Gasteiger partial charge in [-0.1, -0.05) is 0 Å². The number of ether oxygens (including phenoxy) is 1. The Hall–Kier alpha value is -2.01. The van der Waals surface area contributed by atoms with Gasteiger partial charge in [-0.2, -0.15) is 0 Å². The van der Waals surface area contributed by atoms with Crippen LogP contribution >= 0.6 is 0 Å². The first kappa shape index (κ1) is 15.5. The number of hydrogen-bond donors (Lipinski definition) is 4. The summed E-state index contributed by atoms with van der Waals surface area (Å²) >= 11 is 0. The van der Waals surface area contributed by atoms with E-state index in [2.05, 4.69) is 20.0 Å². The van der Waals surface area contributed by atoms with Crippen LogP contribution in [0.15, 0.2) is 6.33 Å². The zero-order chi connectivity index (χ0) is 16.8. The Balaban J connectivity index is 1.83. The average molecular weight is 336 g/mol. The highest BCUT2D eigenvalue weighted by Crippen LogP contribution is 2.36. The second kappa shape index (κ2) is 5.81. The lowest BCUT2D eigenvalue weighted by Gasteiger charge is -2.16. The first-order valence-corrected chi connectivity index (χ1v) is 7.98. The van der Waals surface area contributed by atoms with E-state index >= 15 is 0 Å². The van der Waals surface area contributed by atoms with Crippen molar-refractivity contribution in [1.82, 2.24) is 19.7 Å². The Labute approximate surface area is 137 Å². The van der Waals surface area contributed by atoms with Crippen LogP contribution < -0.4 is 10.6 Å². The fourth-order valence-corrected chi connectivity index (χ4v) is 3.39. The van der Waals surface area contributed by atoms with Gasteiger partial charge in [-0.05, 0) is 12.8 Å². The largest absolute Gasteiger partial charge is 0.394 e. The number of anilines is 2. The molecule has 130 valence electrons. The third-order valence-electron chi connectivity index (χ3n) is 4.66. The summed E-state index contributed by atoms with van der Waals surface area (Å²) in [7, 11) is 0. The molecule has 2 aliphatic heterocycles. The van der Waals surface area contributed by atoms with Gasteiger partial charge in [0, 0.05) is 13.1 Å². The van der Waals surface area contributed by atoms with E-state index < -0.39 is 31.1 Å². The highest BCUT2D eigenvalue weighted by Gasteiger charge is 2.45. The molecule has 4 atom stereocenters. The van der Waals surface area contributed by atoms with Crippen molar-refractivity contribution in [2.75, 3.05) is 30.3 Å². The van der Waals surface area contributed by atoms with Gasteiger partial charge >= 0.3 is 0 Å². The van der Waals surface area contributed by atoms with Crippen LogP contribution in [0, 0.1) is 0 Å². The van der Waals surface area contributed by atoms with Crippen molar-refractivity contribution in [3.8, 4) is 0 Å². The van der Waals surface area contributed by atoms with Crippen LogP contribution in [0.5, 0.6) is 0 Å². The van der Waals surface area contributed by atoms with Crippen molar-refractivity contribution in [2.24, 2.45) is 0 Å². The Bertz CT molecular complexity index is 746. The van der Waals surface area contributed by atoms with Gasteiger partial charge in [-0.25, -0.2) is 14.6 Å². The highest BCUT2D eigenvalue weighted by molar-refractivity contribution is 5.96. The molecule has 2 aromatic heterocycles. The van der Waals surface area contributed by atoms with Crippen LogP contribution in [0.1, 0.15) is 19.1 Å². The number of hydrogen-bond acceptors (Lipinski definition) is 9. The van der Waals surface area contributed by atoms with Crippen molar-refractivity contribution in [2.45, 2.75) is 37.4 Å². The summed E-state index contributed by atoms with van der Waals surface area (Å²) in [5.41, 5.74) is 6.46. The highest BCUT2D eigenvalue weighted by atomic mass is 16.6. The van der Waals surface area contributed by atoms with Gasteiger partial charge < -0.3 is 30.7 Å². The Morgan fingerprint density at radius 2 is 1.96 bits per heavy atom. The predicted molar refractivity (Wildman–Crippen MR) is 84.2 cm³/mol. The number of aliphatic hydroxyl groups is 3. The van der Waals surface area contributed by atoms with Gasteiger partial charge in [0.05, 0.1) is 6.61 Å². The number of nitrogen functional groups attached to an aromatic ring is 1. The number of nitrogens with zero attached hydrogens (tertiary/aromatic N) is 5. The molecule has 0 saturated carbocycles. The van der Waals surface area contributed by atoms with Crippen molar-refractivity contribution in [1.29, 1.82) is 0 Å². The SMILES string of the molecule is Nc1ncnc2c1c(N1CCCC1)nn2[C@@H]1O[C@H](CO)[C@@H](O)[C@H]1O. The maximum Gasteiger partial charge on any atom is 0.181 e. The first-order chi connectivity index (χ1) is 11.6. The lowest BCUT2D eigenvalue weighted by Crippen LogP contribution is -2.33. The topological polar surface area (TPSA) is 143 Å². The van der Waals surface area contributed by atoms with Gasteiger partial charge in [0.15, 0.2) is 17.7 Å². The van der Waals surface area contributed by atoms with Crippen molar-refractivity contribution >= 4 is 22.7 Å². The molecule has 0 unspecified atom stereocenters. The first-order valence-electron chi connectivity index (χ1n) is 7.98. The quantitative estimate of drug-likeness (QED) is 0.533. The van der Waals surface area contributed by atoms with Crippen LogP contribution in [-0.4, -0.2) is 73.1 Å². The Morgan fingerprint density at radius 1 is 1.21 bits per heavy atom. The van der Waals surface area contributed by atoms with Crippen LogP contribution in [0.2, 0.25) is 0 Å². The molecule has 5 N–H and O–H groups in total. The normalized spacial score (nSPS) is 30.5. The van der Waals surface area contributed by atoms with E-state index in [0.29, 0.717) is 22.7 Å². The molecule has 4 heterocycles. The molecule has 2 fully saturated rings. The molecule has 2 aliphatic rings. The minimum absolute atomic E-state index is 0.305. The predicted octanol–water partition coefficient (Wildman–Crippen LogP) is -1.38. The maximum atomic E-state index is 10.3. The second-order valence-electron chi connectivity index (χ2n) is 6.15. The van der Waals surface area contributed by atoms with E-state index in [1.807, 2.05) is 0 Å². The van der Waals surface area contributed by atoms with E-state index in [1.54, 1.807) is 0 Å². The minimum Gasteiger partial charge on any atom is -0.394 e. The molecule has 0 spiro atoms. The summed E-state index contributed by atoms with van der Waals surface area (Å²) in [6, 6.07) is 0. The molecule has 24 heavy (non-hydrogen) atoms. The van der Waals surface area contributed by atoms with Gasteiger partial charge in [-0.3, -0.25) is 0 Å². The standard InChI is InChI=1S/C14H20N6O4/c15-11-8-12(17-6-16-11)20(18-13(8)19-3-1-2-4-19)14-10(23)9(22)7(5-21)24-14/h6-7,9-10,14,21-23H,1-5H2,(H2,15,16,17)/t7-,9-,10-,14-/m1/s1. The van der Waals surface area contributed by atoms with E-state index in [4.69, 9.17) is 10.5 Å². The third-order valence-corrected chi connectivity index (χ3v) is 4.66. The number of aromatic nitrogens is 4. The van der Waals surface area contributed by atoms with Crippen molar-refractivity contribution in [3.05, 3.63) is 6.33 Å². The fraction of sp³-hybridized carbons (Fsp3) is 0.643. The molecule has 10 nitrogen and oxygen atoms in total. The number of fused-ring (bicyclic) bond motifs is 1. The average Bonchev–Trinajstić information content (AvgIpc) is 3.28. The smallest absolute Gasteiger partial charge is 0.181 e. The Morgan fingerprint density at radius 3 is 2.62 bits per heavy atom. The van der Waals surface area contributed by atoms with Gasteiger partial charge in [-0.15, -0.1) is 5.10 Å². The molecular formula is C14H20N6O4. The van der Waals surface area contributed by atoms with Crippen LogP contribution in [-0.2, 0) is 4.74 Å². The summed E-state index contributed by atoms with van der Waals surface area (Å²) < 4.78 is 7.00. The fourth-order valence-electron chi connectivity index (χ4n) is 3.39. The maximum absolute atomic E-state index is 10.3. The summed E-state index contributed by atoms with van der Waals surface area (Å²) in [5, 5.41) is 34.7.